The van der Waals surface area contributed by atoms with E-state index in [0.29, 0.717) is 39.4 Å². The second-order valence-corrected chi connectivity index (χ2v) is 8.82. The van der Waals surface area contributed by atoms with E-state index in [4.69, 9.17) is 26.1 Å². The van der Waals surface area contributed by atoms with Gasteiger partial charge in [-0.25, -0.2) is 4.98 Å². The van der Waals surface area contributed by atoms with Gasteiger partial charge in [-0.2, -0.15) is 0 Å². The summed E-state index contributed by atoms with van der Waals surface area (Å²) in [5.41, 5.74) is 5.38. The highest BCUT2D eigenvalue weighted by Crippen LogP contribution is 2.40. The molecule has 0 radical (unpaired) electrons. The van der Waals surface area contributed by atoms with Crippen molar-refractivity contribution in [1.82, 2.24) is 9.55 Å². The zero-order chi connectivity index (χ0) is 24.7. The first-order valence-corrected chi connectivity index (χ1v) is 11.5. The van der Waals surface area contributed by atoms with Gasteiger partial charge in [-0.15, -0.1) is 0 Å². The molecule has 0 aliphatic carbocycles. The summed E-state index contributed by atoms with van der Waals surface area (Å²) in [4.78, 5) is 18.6. The fraction of sp³-hybridized carbons (Fsp3) is 0.185. The Morgan fingerprint density at radius 2 is 1.74 bits per heavy atom. The van der Waals surface area contributed by atoms with E-state index in [0.717, 1.165) is 22.2 Å². The molecule has 8 heteroatoms. The van der Waals surface area contributed by atoms with Crippen molar-refractivity contribution in [3.8, 4) is 11.5 Å². The fourth-order valence-corrected chi connectivity index (χ4v) is 4.68. The smallest absolute Gasteiger partial charge is 0.255 e. The molecule has 2 heterocycles. The summed E-state index contributed by atoms with van der Waals surface area (Å²) in [5, 5.41) is 7.00. The normalized spacial score (nSPS) is 14.9. The van der Waals surface area contributed by atoms with Crippen molar-refractivity contribution in [2.75, 3.05) is 24.9 Å². The molecular formula is C27H25ClN4O3. The number of methoxy groups -OCH3 is 2. The predicted molar refractivity (Wildman–Crippen MR) is 139 cm³/mol. The lowest BCUT2D eigenvalue weighted by atomic mass is 9.94. The first-order chi connectivity index (χ1) is 16.9. The maximum atomic E-state index is 13.9. The van der Waals surface area contributed by atoms with Crippen LogP contribution in [0.5, 0.6) is 11.5 Å². The largest absolute Gasteiger partial charge is 0.496 e. The van der Waals surface area contributed by atoms with Gasteiger partial charge in [0.15, 0.2) is 0 Å². The number of halogens is 1. The second-order valence-electron chi connectivity index (χ2n) is 8.39. The fourth-order valence-electron chi connectivity index (χ4n) is 4.56. The Morgan fingerprint density at radius 1 is 1.03 bits per heavy atom. The molecule has 35 heavy (non-hydrogen) atoms. The predicted octanol–water partition coefficient (Wildman–Crippen LogP) is 5.94. The highest BCUT2D eigenvalue weighted by Gasteiger charge is 2.34. The molecule has 1 aromatic heterocycles. The molecule has 7 nitrogen and oxygen atoms in total. The molecular weight excluding hydrogens is 464 g/mol. The second kappa shape index (κ2) is 9.00. The van der Waals surface area contributed by atoms with Crippen LogP contribution in [0.3, 0.4) is 0 Å². The summed E-state index contributed by atoms with van der Waals surface area (Å²) < 4.78 is 13.0. The maximum Gasteiger partial charge on any atom is 0.255 e. The number of hydrogen-bond acceptors (Lipinski definition) is 5. The Morgan fingerprint density at radius 3 is 2.46 bits per heavy atom. The molecule has 5 rings (SSSR count). The van der Waals surface area contributed by atoms with Crippen molar-refractivity contribution >= 4 is 40.2 Å². The number of imidazole rings is 1. The van der Waals surface area contributed by atoms with Gasteiger partial charge < -0.3 is 20.1 Å². The molecule has 0 unspecified atom stereocenters. The summed E-state index contributed by atoms with van der Waals surface area (Å²) in [5.74, 6) is 1.62. The number of carbonyl (C=O) groups is 1. The molecule has 1 aliphatic heterocycles. The van der Waals surface area contributed by atoms with Crippen molar-refractivity contribution in [3.63, 3.8) is 0 Å². The van der Waals surface area contributed by atoms with Crippen LogP contribution >= 0.6 is 11.6 Å². The molecule has 0 spiro atoms. The zero-order valence-corrected chi connectivity index (χ0v) is 20.6. The van der Waals surface area contributed by atoms with E-state index >= 15 is 0 Å². The number of hydrogen-bond donors (Lipinski definition) is 2. The average molecular weight is 489 g/mol. The average Bonchev–Trinajstić information content (AvgIpc) is 3.22. The standard InChI is InChI=1S/C27H25ClN4O3/c1-15-13-23(35-4)20(14-22(15)34-3)30-26(33)24-16(2)29-27-31-19-7-5-6-8-21(19)32(27)25(24)17-9-11-18(28)12-10-17/h5-14,25H,1-4H3,(H,29,31)(H,30,33)/t25-/m1/s1. The number of carbonyl (C=O) groups excluding carboxylic acids is 1. The number of fused-ring (bicyclic) bond motifs is 3. The van der Waals surface area contributed by atoms with E-state index in [9.17, 15) is 4.79 Å². The monoisotopic (exact) mass is 488 g/mol. The lowest BCUT2D eigenvalue weighted by Crippen LogP contribution is -2.31. The molecule has 1 aliphatic rings. The van der Waals surface area contributed by atoms with Gasteiger partial charge in [0.1, 0.15) is 11.5 Å². The van der Waals surface area contributed by atoms with Gasteiger partial charge in [-0.05, 0) is 55.3 Å². The molecule has 1 amide bonds. The minimum atomic E-state index is -0.422. The summed E-state index contributed by atoms with van der Waals surface area (Å²) in [6.07, 6.45) is 0. The number of anilines is 2. The van der Waals surface area contributed by atoms with Crippen LogP contribution in [0.1, 0.15) is 24.1 Å². The number of allylic oxidation sites excluding steroid dienone is 1. The molecule has 4 aromatic rings. The molecule has 0 saturated carbocycles. The van der Waals surface area contributed by atoms with Crippen LogP contribution in [0.4, 0.5) is 11.6 Å². The molecule has 0 saturated heterocycles. The third-order valence-electron chi connectivity index (χ3n) is 6.23. The molecule has 3 aromatic carbocycles. The van der Waals surface area contributed by atoms with Gasteiger partial charge in [0.05, 0.1) is 42.6 Å². The third kappa shape index (κ3) is 3.98. The number of ether oxygens (including phenoxy) is 2. The van der Waals surface area contributed by atoms with Crippen molar-refractivity contribution in [3.05, 3.63) is 88.1 Å². The summed E-state index contributed by atoms with van der Waals surface area (Å²) in [6, 6.07) is 18.6. The van der Waals surface area contributed by atoms with Crippen LogP contribution in [0.2, 0.25) is 5.02 Å². The molecule has 2 N–H and O–H groups in total. The first-order valence-electron chi connectivity index (χ1n) is 11.2. The lowest BCUT2D eigenvalue weighted by Gasteiger charge is -2.31. The molecule has 178 valence electrons. The van der Waals surface area contributed by atoms with E-state index in [1.165, 1.54) is 0 Å². The van der Waals surface area contributed by atoms with E-state index in [2.05, 4.69) is 10.6 Å². The SMILES string of the molecule is COc1cc(NC(=O)C2=C(C)Nc3nc4ccccc4n3[C@@H]2c2ccc(Cl)cc2)c(OC)cc1C. The van der Waals surface area contributed by atoms with Gasteiger partial charge in [0.2, 0.25) is 5.95 Å². The van der Waals surface area contributed by atoms with Gasteiger partial charge in [-0.3, -0.25) is 9.36 Å². The van der Waals surface area contributed by atoms with E-state index in [-0.39, 0.29) is 5.91 Å². The zero-order valence-electron chi connectivity index (χ0n) is 19.8. The van der Waals surface area contributed by atoms with E-state index in [1.807, 2.05) is 73.0 Å². The Bertz CT molecular complexity index is 1470. The summed E-state index contributed by atoms with van der Waals surface area (Å²) in [7, 11) is 3.17. The first kappa shape index (κ1) is 22.8. The number of rotatable bonds is 5. The maximum absolute atomic E-state index is 13.9. The highest BCUT2D eigenvalue weighted by molar-refractivity contribution is 6.30. The quantitative estimate of drug-likeness (QED) is 0.363. The Kier molecular flexibility index (Phi) is 5.86. The minimum absolute atomic E-state index is 0.261. The van der Waals surface area contributed by atoms with Crippen molar-refractivity contribution in [2.24, 2.45) is 0 Å². The number of amides is 1. The topological polar surface area (TPSA) is 77.4 Å². The van der Waals surface area contributed by atoms with E-state index < -0.39 is 6.04 Å². The van der Waals surface area contributed by atoms with Crippen LogP contribution in [-0.4, -0.2) is 29.7 Å². The number of nitrogens with one attached hydrogen (secondary N) is 2. The lowest BCUT2D eigenvalue weighted by molar-refractivity contribution is -0.113. The van der Waals surface area contributed by atoms with Crippen LogP contribution in [-0.2, 0) is 4.79 Å². The summed E-state index contributed by atoms with van der Waals surface area (Å²) >= 11 is 6.19. The Hall–Kier alpha value is -3.97. The minimum Gasteiger partial charge on any atom is -0.496 e. The molecule has 1 atom stereocenters. The van der Waals surface area contributed by atoms with Gasteiger partial charge >= 0.3 is 0 Å². The van der Waals surface area contributed by atoms with Crippen LogP contribution in [0.25, 0.3) is 11.0 Å². The number of aryl methyl sites for hydroxylation is 1. The number of benzene rings is 3. The van der Waals surface area contributed by atoms with E-state index in [1.54, 1.807) is 20.3 Å². The van der Waals surface area contributed by atoms with Crippen molar-refractivity contribution in [2.45, 2.75) is 19.9 Å². The number of nitrogens with zero attached hydrogens (tertiary/aromatic N) is 2. The number of aromatic nitrogens is 2. The molecule has 0 bridgehead atoms. The van der Waals surface area contributed by atoms with Gasteiger partial charge in [0.25, 0.3) is 5.91 Å². The third-order valence-corrected chi connectivity index (χ3v) is 6.48. The van der Waals surface area contributed by atoms with Crippen LogP contribution in [0, 0.1) is 6.92 Å². The highest BCUT2D eigenvalue weighted by atomic mass is 35.5. The van der Waals surface area contributed by atoms with Gasteiger partial charge in [-0.1, -0.05) is 35.9 Å². The van der Waals surface area contributed by atoms with Gasteiger partial charge in [0, 0.05) is 16.8 Å². The number of para-hydroxylation sites is 2. The van der Waals surface area contributed by atoms with Crippen LogP contribution in [0.15, 0.2) is 71.9 Å². The van der Waals surface area contributed by atoms with Crippen molar-refractivity contribution < 1.29 is 14.3 Å². The molecule has 0 fully saturated rings. The van der Waals surface area contributed by atoms with Crippen molar-refractivity contribution in [1.29, 1.82) is 0 Å². The summed E-state index contributed by atoms with van der Waals surface area (Å²) in [6.45, 7) is 3.81. The Balaban J connectivity index is 1.64. The Labute approximate surface area is 208 Å². The van der Waals surface area contributed by atoms with Crippen LogP contribution < -0.4 is 20.1 Å².